The molecule has 26 heavy (non-hydrogen) atoms. The van der Waals surface area contributed by atoms with Crippen LogP contribution in [0.5, 0.6) is 5.88 Å². The minimum absolute atomic E-state index is 0.0452. The number of ether oxygens (including phenoxy) is 1. The summed E-state index contributed by atoms with van der Waals surface area (Å²) in [6.07, 6.45) is 5.53. The summed E-state index contributed by atoms with van der Waals surface area (Å²) in [5.41, 5.74) is 2.55. The Morgan fingerprint density at radius 1 is 1.12 bits per heavy atom. The van der Waals surface area contributed by atoms with Crippen LogP contribution in [0.4, 0.5) is 5.82 Å². The van der Waals surface area contributed by atoms with Gasteiger partial charge in [0.2, 0.25) is 5.88 Å². The van der Waals surface area contributed by atoms with Gasteiger partial charge in [0.15, 0.2) is 12.4 Å². The van der Waals surface area contributed by atoms with Gasteiger partial charge < -0.3 is 15.0 Å². The molecule has 2 heterocycles. The zero-order valence-corrected chi connectivity index (χ0v) is 14.9. The van der Waals surface area contributed by atoms with E-state index in [0.29, 0.717) is 5.88 Å². The number of fused-ring (bicyclic) bond motifs is 1. The van der Waals surface area contributed by atoms with Crippen molar-refractivity contribution < 1.29 is 9.53 Å². The minimum atomic E-state index is -0.128. The molecule has 2 aromatic rings. The maximum absolute atomic E-state index is 12.3. The van der Waals surface area contributed by atoms with E-state index in [1.54, 1.807) is 6.07 Å². The topological polar surface area (TPSA) is 67.3 Å². The van der Waals surface area contributed by atoms with Crippen LogP contribution in [0.3, 0.4) is 0 Å². The standard InChI is InChI=1S/C20H24N4O2/c25-19(21-17-9-5-7-15-6-1-2-8-16(15)17)14-26-20-11-10-18(22-23-20)24-12-3-4-13-24/h1-2,6,8,10-11,17H,3-5,7,9,12-14H2,(H,21,25)/t17-/m0/s1. The largest absolute Gasteiger partial charge is 0.466 e. The molecule has 0 bridgehead atoms. The van der Waals surface area contributed by atoms with Crippen molar-refractivity contribution in [1.29, 1.82) is 0 Å². The fourth-order valence-corrected chi connectivity index (χ4v) is 3.78. The van der Waals surface area contributed by atoms with Gasteiger partial charge in [-0.3, -0.25) is 4.79 Å². The van der Waals surface area contributed by atoms with Crippen molar-refractivity contribution >= 4 is 11.7 Å². The first-order valence-corrected chi connectivity index (χ1v) is 9.38. The lowest BCUT2D eigenvalue weighted by Crippen LogP contribution is -2.34. The average Bonchev–Trinajstić information content (AvgIpc) is 3.22. The molecule has 0 unspecified atom stereocenters. The molecule has 6 heteroatoms. The number of amides is 1. The Kier molecular flexibility index (Phi) is 5.00. The van der Waals surface area contributed by atoms with E-state index in [1.165, 1.54) is 24.0 Å². The van der Waals surface area contributed by atoms with E-state index in [1.807, 2.05) is 12.1 Å². The summed E-state index contributed by atoms with van der Waals surface area (Å²) in [4.78, 5) is 14.5. The number of carbonyl (C=O) groups is 1. The van der Waals surface area contributed by atoms with Crippen LogP contribution in [-0.4, -0.2) is 35.8 Å². The monoisotopic (exact) mass is 352 g/mol. The van der Waals surface area contributed by atoms with Crippen molar-refractivity contribution in [2.45, 2.75) is 38.1 Å². The summed E-state index contributed by atoms with van der Waals surface area (Å²) in [7, 11) is 0. The zero-order valence-electron chi connectivity index (χ0n) is 14.9. The number of rotatable bonds is 5. The molecule has 136 valence electrons. The van der Waals surface area contributed by atoms with E-state index in [4.69, 9.17) is 4.74 Å². The van der Waals surface area contributed by atoms with Gasteiger partial charge >= 0.3 is 0 Å². The molecule has 1 aromatic heterocycles. The van der Waals surface area contributed by atoms with Crippen LogP contribution in [0.2, 0.25) is 0 Å². The lowest BCUT2D eigenvalue weighted by Gasteiger charge is -2.26. The molecule has 1 saturated heterocycles. The first kappa shape index (κ1) is 16.8. The van der Waals surface area contributed by atoms with E-state index >= 15 is 0 Å². The molecule has 1 atom stereocenters. The highest BCUT2D eigenvalue weighted by Gasteiger charge is 2.21. The molecular formula is C20H24N4O2. The van der Waals surface area contributed by atoms with Gasteiger partial charge in [-0.05, 0) is 49.3 Å². The molecule has 2 aliphatic rings. The van der Waals surface area contributed by atoms with Crippen molar-refractivity contribution in [2.24, 2.45) is 0 Å². The van der Waals surface area contributed by atoms with Gasteiger partial charge in [0.05, 0.1) is 6.04 Å². The highest BCUT2D eigenvalue weighted by Crippen LogP contribution is 2.29. The van der Waals surface area contributed by atoms with Crippen molar-refractivity contribution in [3.8, 4) is 5.88 Å². The van der Waals surface area contributed by atoms with E-state index in [-0.39, 0.29) is 18.6 Å². The number of aromatic nitrogens is 2. The number of hydrogen-bond acceptors (Lipinski definition) is 5. The van der Waals surface area contributed by atoms with Crippen LogP contribution in [-0.2, 0) is 11.2 Å². The molecule has 6 nitrogen and oxygen atoms in total. The Morgan fingerprint density at radius 3 is 2.77 bits per heavy atom. The van der Waals surface area contributed by atoms with Gasteiger partial charge in [-0.2, -0.15) is 0 Å². The highest BCUT2D eigenvalue weighted by molar-refractivity contribution is 5.78. The van der Waals surface area contributed by atoms with E-state index in [9.17, 15) is 4.79 Å². The molecule has 1 N–H and O–H groups in total. The molecule has 1 aromatic carbocycles. The lowest BCUT2D eigenvalue weighted by atomic mass is 9.88. The fraction of sp³-hybridized carbons (Fsp3) is 0.450. The van der Waals surface area contributed by atoms with Crippen molar-refractivity contribution in [2.75, 3.05) is 24.6 Å². The summed E-state index contributed by atoms with van der Waals surface area (Å²) in [6, 6.07) is 12.1. The van der Waals surface area contributed by atoms with Crippen molar-refractivity contribution in [1.82, 2.24) is 15.5 Å². The van der Waals surface area contributed by atoms with Crippen LogP contribution in [0.15, 0.2) is 36.4 Å². The van der Waals surface area contributed by atoms with Gasteiger partial charge in [0, 0.05) is 19.2 Å². The van der Waals surface area contributed by atoms with Gasteiger partial charge in [-0.1, -0.05) is 24.3 Å². The molecule has 0 spiro atoms. The molecule has 1 aliphatic heterocycles. The Bertz CT molecular complexity index is 757. The molecule has 0 saturated carbocycles. The van der Waals surface area contributed by atoms with Crippen molar-refractivity contribution in [3.05, 3.63) is 47.5 Å². The van der Waals surface area contributed by atoms with Gasteiger partial charge in [0.1, 0.15) is 0 Å². The smallest absolute Gasteiger partial charge is 0.258 e. The fourth-order valence-electron chi connectivity index (χ4n) is 3.78. The maximum Gasteiger partial charge on any atom is 0.258 e. The predicted octanol–water partition coefficient (Wildman–Crippen LogP) is 2.65. The number of nitrogens with zero attached hydrogens (tertiary/aromatic N) is 3. The maximum atomic E-state index is 12.3. The number of anilines is 1. The predicted molar refractivity (Wildman–Crippen MR) is 99.2 cm³/mol. The third-order valence-corrected chi connectivity index (χ3v) is 5.11. The van der Waals surface area contributed by atoms with Crippen LogP contribution in [0.1, 0.15) is 42.9 Å². The third-order valence-electron chi connectivity index (χ3n) is 5.11. The second kappa shape index (κ2) is 7.72. The first-order valence-electron chi connectivity index (χ1n) is 9.38. The van der Waals surface area contributed by atoms with Crippen LogP contribution < -0.4 is 15.0 Å². The van der Waals surface area contributed by atoms with Crippen molar-refractivity contribution in [3.63, 3.8) is 0 Å². The van der Waals surface area contributed by atoms with E-state index < -0.39 is 0 Å². The molecular weight excluding hydrogens is 328 g/mol. The first-order chi connectivity index (χ1) is 12.8. The average molecular weight is 352 g/mol. The SMILES string of the molecule is O=C(COc1ccc(N2CCCC2)nn1)N[C@H]1CCCc2ccccc21. The van der Waals surface area contributed by atoms with E-state index in [0.717, 1.165) is 38.2 Å². The Labute approximate surface area is 153 Å². The summed E-state index contributed by atoms with van der Waals surface area (Å²) >= 11 is 0. The lowest BCUT2D eigenvalue weighted by molar-refractivity contribution is -0.124. The Balaban J connectivity index is 1.30. The van der Waals surface area contributed by atoms with Gasteiger partial charge in [-0.15, -0.1) is 10.2 Å². The van der Waals surface area contributed by atoms with Crippen LogP contribution >= 0.6 is 0 Å². The molecule has 1 fully saturated rings. The number of aryl methyl sites for hydroxylation is 1. The summed E-state index contributed by atoms with van der Waals surface area (Å²) < 4.78 is 5.51. The summed E-state index contributed by atoms with van der Waals surface area (Å²) in [5, 5.41) is 11.4. The molecule has 0 radical (unpaired) electrons. The molecule has 1 aliphatic carbocycles. The number of nitrogens with one attached hydrogen (secondary N) is 1. The quantitative estimate of drug-likeness (QED) is 0.896. The number of carbonyl (C=O) groups excluding carboxylic acids is 1. The number of benzene rings is 1. The Morgan fingerprint density at radius 2 is 1.96 bits per heavy atom. The van der Waals surface area contributed by atoms with E-state index in [2.05, 4.69) is 38.6 Å². The van der Waals surface area contributed by atoms with Crippen LogP contribution in [0.25, 0.3) is 0 Å². The highest BCUT2D eigenvalue weighted by atomic mass is 16.5. The third kappa shape index (κ3) is 3.79. The molecule has 1 amide bonds. The minimum Gasteiger partial charge on any atom is -0.466 e. The number of hydrogen-bond donors (Lipinski definition) is 1. The molecule has 4 rings (SSSR count). The summed E-state index contributed by atoms with van der Waals surface area (Å²) in [6.45, 7) is 2.01. The second-order valence-electron chi connectivity index (χ2n) is 6.92. The summed E-state index contributed by atoms with van der Waals surface area (Å²) in [5.74, 6) is 1.13. The second-order valence-corrected chi connectivity index (χ2v) is 6.92. The Hall–Kier alpha value is -2.63. The normalized spacial score (nSPS) is 19.1. The van der Waals surface area contributed by atoms with Crippen LogP contribution in [0, 0.1) is 0 Å². The van der Waals surface area contributed by atoms with Gasteiger partial charge in [-0.25, -0.2) is 0 Å². The zero-order chi connectivity index (χ0) is 17.8. The van der Waals surface area contributed by atoms with Gasteiger partial charge in [0.25, 0.3) is 5.91 Å².